The van der Waals surface area contributed by atoms with Gasteiger partial charge in [0.2, 0.25) is 5.91 Å². The molecule has 16 heavy (non-hydrogen) atoms. The summed E-state index contributed by atoms with van der Waals surface area (Å²) in [5.74, 6) is -1.19. The van der Waals surface area contributed by atoms with Gasteiger partial charge in [-0.1, -0.05) is 13.8 Å². The quantitative estimate of drug-likeness (QED) is 0.530. The van der Waals surface area contributed by atoms with E-state index in [4.69, 9.17) is 5.11 Å². The number of hydrogen-bond acceptors (Lipinski definition) is 4. The van der Waals surface area contributed by atoms with Crippen LogP contribution in [-0.2, 0) is 14.3 Å². The Hall–Kier alpha value is -1.14. The Morgan fingerprint density at radius 2 is 1.94 bits per heavy atom. The summed E-state index contributed by atoms with van der Waals surface area (Å²) in [5, 5.41) is 20.1. The third kappa shape index (κ3) is 9.42. The van der Waals surface area contributed by atoms with Crippen LogP contribution in [0.5, 0.6) is 0 Å². The van der Waals surface area contributed by atoms with Crippen molar-refractivity contribution in [1.29, 1.82) is 0 Å². The van der Waals surface area contributed by atoms with Crippen LogP contribution in [0.3, 0.4) is 0 Å². The van der Waals surface area contributed by atoms with E-state index in [2.05, 4.69) is 10.1 Å². The van der Waals surface area contributed by atoms with Gasteiger partial charge < -0.3 is 20.3 Å². The number of rotatable bonds is 8. The van der Waals surface area contributed by atoms with E-state index >= 15 is 0 Å². The largest absolute Gasteiger partial charge is 0.480 e. The molecule has 1 atom stereocenters. The Balaban J connectivity index is 3.53. The second-order valence-corrected chi connectivity index (χ2v) is 3.97. The van der Waals surface area contributed by atoms with Crippen LogP contribution in [0.15, 0.2) is 0 Å². The molecule has 0 aromatic rings. The molecule has 0 aromatic carbocycles. The number of nitrogens with one attached hydrogen (secondary N) is 1. The van der Waals surface area contributed by atoms with Gasteiger partial charge in [-0.05, 0) is 12.3 Å². The summed E-state index contributed by atoms with van der Waals surface area (Å²) in [5.41, 5.74) is 0. The summed E-state index contributed by atoms with van der Waals surface area (Å²) < 4.78 is 4.58. The van der Waals surface area contributed by atoms with Crippen molar-refractivity contribution in [2.24, 2.45) is 5.92 Å². The molecule has 6 nitrogen and oxygen atoms in total. The lowest BCUT2D eigenvalue weighted by Crippen LogP contribution is -2.35. The fourth-order valence-electron chi connectivity index (χ4n) is 1.14. The van der Waals surface area contributed by atoms with E-state index in [9.17, 15) is 14.7 Å². The maximum Gasteiger partial charge on any atom is 0.329 e. The molecule has 0 aliphatic heterocycles. The molecule has 0 heterocycles. The zero-order valence-electron chi connectivity index (χ0n) is 9.60. The number of carboxylic acid groups (broad SMARTS) is 1. The van der Waals surface area contributed by atoms with Crippen LogP contribution in [0.25, 0.3) is 0 Å². The zero-order valence-corrected chi connectivity index (χ0v) is 9.60. The maximum atomic E-state index is 11.1. The second kappa shape index (κ2) is 8.06. The number of hydrogen-bond donors (Lipinski definition) is 3. The van der Waals surface area contributed by atoms with Crippen molar-refractivity contribution >= 4 is 11.9 Å². The summed E-state index contributed by atoms with van der Waals surface area (Å²) in [6, 6.07) is 0. The molecule has 0 bridgehead atoms. The third-order valence-corrected chi connectivity index (χ3v) is 1.74. The van der Waals surface area contributed by atoms with Crippen molar-refractivity contribution in [1.82, 2.24) is 5.32 Å². The smallest absolute Gasteiger partial charge is 0.329 e. The highest BCUT2D eigenvalue weighted by molar-refractivity contribution is 5.77. The lowest BCUT2D eigenvalue weighted by molar-refractivity contribution is -0.143. The summed E-state index contributed by atoms with van der Waals surface area (Å²) >= 11 is 0. The lowest BCUT2D eigenvalue weighted by atomic mass is 10.1. The van der Waals surface area contributed by atoms with E-state index in [0.29, 0.717) is 12.3 Å². The van der Waals surface area contributed by atoms with Gasteiger partial charge in [0.15, 0.2) is 0 Å². The normalized spacial score (nSPS) is 12.5. The number of amides is 1. The van der Waals surface area contributed by atoms with E-state index < -0.39 is 24.6 Å². The van der Waals surface area contributed by atoms with Gasteiger partial charge in [-0.15, -0.1) is 0 Å². The summed E-state index contributed by atoms with van der Waals surface area (Å²) in [6.45, 7) is 3.30. The molecular formula is C10H19NO5. The molecule has 0 radical (unpaired) electrons. The highest BCUT2D eigenvalue weighted by atomic mass is 16.5. The first-order chi connectivity index (χ1) is 7.41. The first-order valence-electron chi connectivity index (χ1n) is 5.16. The van der Waals surface area contributed by atoms with E-state index in [-0.39, 0.29) is 13.2 Å². The van der Waals surface area contributed by atoms with Crippen molar-refractivity contribution in [3.8, 4) is 0 Å². The number of aliphatic hydroxyl groups excluding tert-OH is 1. The zero-order chi connectivity index (χ0) is 12.6. The fraction of sp³-hybridized carbons (Fsp3) is 0.800. The molecule has 0 aliphatic rings. The summed E-state index contributed by atoms with van der Waals surface area (Å²) in [6.07, 6.45) is 0.0272. The minimum absolute atomic E-state index is 0.160. The molecule has 1 amide bonds. The van der Waals surface area contributed by atoms with Gasteiger partial charge in [0.1, 0.15) is 13.2 Å². The van der Waals surface area contributed by atoms with Gasteiger partial charge in [-0.25, -0.2) is 4.79 Å². The molecular weight excluding hydrogens is 214 g/mol. The summed E-state index contributed by atoms with van der Waals surface area (Å²) in [4.78, 5) is 21.1. The molecule has 0 spiro atoms. The number of carbonyl (C=O) groups is 2. The minimum Gasteiger partial charge on any atom is -0.480 e. The molecule has 0 rings (SSSR count). The van der Waals surface area contributed by atoms with E-state index in [0.717, 1.165) is 0 Å². The van der Waals surface area contributed by atoms with Crippen LogP contribution in [0.2, 0.25) is 0 Å². The van der Waals surface area contributed by atoms with E-state index in [1.54, 1.807) is 0 Å². The summed E-state index contributed by atoms with van der Waals surface area (Å²) in [7, 11) is 0. The number of ether oxygens (including phenoxy) is 1. The number of carboxylic acids is 1. The van der Waals surface area contributed by atoms with Crippen LogP contribution in [0, 0.1) is 5.92 Å². The molecule has 0 aromatic heterocycles. The third-order valence-electron chi connectivity index (χ3n) is 1.74. The van der Waals surface area contributed by atoms with Crippen molar-refractivity contribution in [2.45, 2.75) is 26.4 Å². The van der Waals surface area contributed by atoms with Crippen LogP contribution in [0.4, 0.5) is 0 Å². The van der Waals surface area contributed by atoms with E-state index in [1.165, 1.54) is 0 Å². The highest BCUT2D eigenvalue weighted by Gasteiger charge is 2.09. The Labute approximate surface area is 94.6 Å². The molecule has 0 saturated heterocycles. The molecule has 94 valence electrons. The topological polar surface area (TPSA) is 95.9 Å². The average molecular weight is 233 g/mol. The first kappa shape index (κ1) is 14.9. The van der Waals surface area contributed by atoms with E-state index in [1.807, 2.05) is 13.8 Å². The molecule has 6 heteroatoms. The highest BCUT2D eigenvalue weighted by Crippen LogP contribution is 2.02. The average Bonchev–Trinajstić information content (AvgIpc) is 2.13. The molecule has 0 fully saturated rings. The Bertz CT molecular complexity index is 229. The monoisotopic (exact) mass is 233 g/mol. The molecule has 3 N–H and O–H groups in total. The van der Waals surface area contributed by atoms with Gasteiger partial charge in [-0.2, -0.15) is 0 Å². The molecule has 1 unspecified atom stereocenters. The maximum absolute atomic E-state index is 11.1. The van der Waals surface area contributed by atoms with Crippen molar-refractivity contribution in [2.75, 3.05) is 19.8 Å². The van der Waals surface area contributed by atoms with Crippen LogP contribution in [0.1, 0.15) is 20.3 Å². The van der Waals surface area contributed by atoms with Crippen molar-refractivity contribution in [3.63, 3.8) is 0 Å². The van der Waals surface area contributed by atoms with Crippen molar-refractivity contribution < 1.29 is 24.5 Å². The fourth-order valence-corrected chi connectivity index (χ4v) is 1.14. The predicted octanol–water partition coefficient (Wildman–Crippen LogP) is -0.389. The Kier molecular flexibility index (Phi) is 7.49. The van der Waals surface area contributed by atoms with Gasteiger partial charge in [0.05, 0.1) is 6.10 Å². The SMILES string of the molecule is CC(C)CC(O)CNC(=O)COCC(=O)O. The Morgan fingerprint density at radius 3 is 2.44 bits per heavy atom. The van der Waals surface area contributed by atoms with Gasteiger partial charge >= 0.3 is 5.97 Å². The number of aliphatic hydroxyl groups is 1. The molecule has 0 saturated carbocycles. The van der Waals surface area contributed by atoms with Gasteiger partial charge in [-0.3, -0.25) is 4.79 Å². The number of carbonyl (C=O) groups excluding carboxylic acids is 1. The van der Waals surface area contributed by atoms with Gasteiger partial charge in [0.25, 0.3) is 0 Å². The first-order valence-corrected chi connectivity index (χ1v) is 5.16. The van der Waals surface area contributed by atoms with Crippen LogP contribution < -0.4 is 5.32 Å². The van der Waals surface area contributed by atoms with Crippen molar-refractivity contribution in [3.05, 3.63) is 0 Å². The predicted molar refractivity (Wildman–Crippen MR) is 56.9 cm³/mol. The Morgan fingerprint density at radius 1 is 1.31 bits per heavy atom. The van der Waals surface area contributed by atoms with Crippen LogP contribution >= 0.6 is 0 Å². The minimum atomic E-state index is -1.12. The lowest BCUT2D eigenvalue weighted by Gasteiger charge is -2.13. The van der Waals surface area contributed by atoms with Gasteiger partial charge in [0, 0.05) is 6.54 Å². The second-order valence-electron chi connectivity index (χ2n) is 3.97. The molecule has 0 aliphatic carbocycles. The standard InChI is InChI=1S/C10H19NO5/c1-7(2)3-8(12)4-11-9(13)5-16-6-10(14)15/h7-8,12H,3-6H2,1-2H3,(H,11,13)(H,14,15). The van der Waals surface area contributed by atoms with Crippen LogP contribution in [-0.4, -0.2) is 48.0 Å². The number of aliphatic carboxylic acids is 1.